The number of aliphatic hydroxyl groups is 1. The highest BCUT2D eigenvalue weighted by Crippen LogP contribution is 2.48. The maximum atomic E-state index is 13.3. The smallest absolute Gasteiger partial charge is 0.392 e. The largest absolute Gasteiger partial charge is 0.397 e. The topological polar surface area (TPSA) is 95.5 Å². The van der Waals surface area contributed by atoms with Crippen molar-refractivity contribution in [2.24, 2.45) is 5.92 Å². The van der Waals surface area contributed by atoms with Gasteiger partial charge < -0.3 is 10.4 Å². The molecule has 3 rings (SSSR count). The second-order valence-electron chi connectivity index (χ2n) is 9.37. The molecule has 1 aliphatic rings. The molecule has 0 aromatic heterocycles. The molecule has 2 unspecified atom stereocenters. The Morgan fingerprint density at radius 3 is 2.29 bits per heavy atom. The van der Waals surface area contributed by atoms with Gasteiger partial charge in [0.2, 0.25) is 15.9 Å². The minimum absolute atomic E-state index is 0.0513. The monoisotopic (exact) mass is 498 g/mol. The lowest BCUT2D eigenvalue weighted by Gasteiger charge is -2.28. The fourth-order valence-corrected chi connectivity index (χ4v) is 4.48. The minimum Gasteiger partial charge on any atom is -0.392 e. The van der Waals surface area contributed by atoms with E-state index in [9.17, 15) is 31.5 Å². The summed E-state index contributed by atoms with van der Waals surface area (Å²) in [5, 5.41) is 12.5. The number of benzene rings is 2. The van der Waals surface area contributed by atoms with Crippen molar-refractivity contribution in [2.45, 2.75) is 57.3 Å². The number of sulfonamides is 1. The number of alkyl halides is 3. The van der Waals surface area contributed by atoms with Crippen LogP contribution in [-0.4, -0.2) is 31.9 Å². The van der Waals surface area contributed by atoms with E-state index in [1.807, 2.05) is 0 Å². The Morgan fingerprint density at radius 1 is 1.15 bits per heavy atom. The van der Waals surface area contributed by atoms with Crippen molar-refractivity contribution in [1.29, 1.82) is 0 Å². The quantitative estimate of drug-likeness (QED) is 0.504. The van der Waals surface area contributed by atoms with E-state index in [0.29, 0.717) is 17.5 Å². The summed E-state index contributed by atoms with van der Waals surface area (Å²) >= 11 is 0. The fraction of sp³-hybridized carbons (Fsp3) is 0.458. The van der Waals surface area contributed by atoms with Gasteiger partial charge in [0.15, 0.2) is 0 Å². The Labute approximate surface area is 197 Å². The average Bonchev–Trinajstić information content (AvgIpc) is 3.53. The third-order valence-electron chi connectivity index (χ3n) is 6.35. The van der Waals surface area contributed by atoms with Crippen LogP contribution >= 0.6 is 0 Å². The van der Waals surface area contributed by atoms with E-state index in [1.165, 1.54) is 18.2 Å². The SMILES string of the molecule is CC(NC(=O)[C@@H]1CC1c1ccc(C(C)(C)C(F)(F)F)cc1)c1ccc(NS(C)(=O)=O)c(CO)c1. The van der Waals surface area contributed by atoms with Crippen LogP contribution in [0.3, 0.4) is 0 Å². The third-order valence-corrected chi connectivity index (χ3v) is 6.94. The molecule has 3 atom stereocenters. The van der Waals surface area contributed by atoms with Crippen LogP contribution in [0, 0.1) is 5.92 Å². The van der Waals surface area contributed by atoms with Crippen molar-refractivity contribution < 1.29 is 31.5 Å². The lowest BCUT2D eigenvalue weighted by molar-refractivity contribution is -0.180. The Kier molecular flexibility index (Phi) is 7.06. The van der Waals surface area contributed by atoms with Crippen molar-refractivity contribution in [1.82, 2.24) is 5.32 Å². The lowest BCUT2D eigenvalue weighted by Crippen LogP contribution is -2.36. The first kappa shape index (κ1) is 26.0. The van der Waals surface area contributed by atoms with Crippen LogP contribution in [0.5, 0.6) is 0 Å². The molecule has 0 radical (unpaired) electrons. The van der Waals surface area contributed by atoms with E-state index in [4.69, 9.17) is 0 Å². The number of aliphatic hydroxyl groups excluding tert-OH is 1. The molecule has 186 valence electrons. The van der Waals surface area contributed by atoms with E-state index in [2.05, 4.69) is 10.0 Å². The fourth-order valence-electron chi connectivity index (χ4n) is 3.88. The maximum Gasteiger partial charge on any atom is 0.397 e. The highest BCUT2D eigenvalue weighted by Gasteiger charge is 2.49. The van der Waals surface area contributed by atoms with Crippen molar-refractivity contribution >= 4 is 21.6 Å². The van der Waals surface area contributed by atoms with Gasteiger partial charge in [-0.3, -0.25) is 9.52 Å². The summed E-state index contributed by atoms with van der Waals surface area (Å²) < 4.78 is 65.1. The molecule has 0 bridgehead atoms. The number of halogens is 3. The van der Waals surface area contributed by atoms with Gasteiger partial charge in [0.05, 0.1) is 30.0 Å². The van der Waals surface area contributed by atoms with Crippen LogP contribution in [0.4, 0.5) is 18.9 Å². The number of nitrogens with one attached hydrogen (secondary N) is 2. The molecule has 2 aromatic rings. The van der Waals surface area contributed by atoms with Crippen LogP contribution < -0.4 is 10.0 Å². The van der Waals surface area contributed by atoms with Crippen LogP contribution in [0.1, 0.15) is 61.4 Å². The summed E-state index contributed by atoms with van der Waals surface area (Å²) in [6.07, 6.45) is -2.73. The molecule has 2 aromatic carbocycles. The van der Waals surface area contributed by atoms with Gasteiger partial charge in [-0.1, -0.05) is 30.3 Å². The standard InChI is InChI=1S/C24H29F3N2O4S/c1-14(16-7-10-21(17(11-16)13-30)29-34(4,32)33)28-22(31)20-12-19(20)15-5-8-18(9-6-15)23(2,3)24(25,26)27/h5-11,14,19-20,29-30H,12-13H2,1-4H3,(H,28,31)/t14?,19?,20-/m1/s1. The van der Waals surface area contributed by atoms with E-state index in [-0.39, 0.29) is 41.6 Å². The number of anilines is 1. The summed E-state index contributed by atoms with van der Waals surface area (Å²) in [4.78, 5) is 12.7. The van der Waals surface area contributed by atoms with Crippen LogP contribution in [0.2, 0.25) is 0 Å². The number of carbonyl (C=O) groups excluding carboxylic acids is 1. The second kappa shape index (κ2) is 9.22. The highest BCUT2D eigenvalue weighted by atomic mass is 32.2. The van der Waals surface area contributed by atoms with Gasteiger partial charge in [-0.05, 0) is 61.9 Å². The van der Waals surface area contributed by atoms with Gasteiger partial charge in [-0.15, -0.1) is 0 Å². The molecule has 0 heterocycles. The molecule has 3 N–H and O–H groups in total. The zero-order valence-electron chi connectivity index (χ0n) is 19.4. The molecule has 34 heavy (non-hydrogen) atoms. The van der Waals surface area contributed by atoms with Gasteiger partial charge in [-0.25, -0.2) is 8.42 Å². The Balaban J connectivity index is 1.64. The summed E-state index contributed by atoms with van der Waals surface area (Å²) in [5.41, 5.74) is 0.399. The average molecular weight is 499 g/mol. The van der Waals surface area contributed by atoms with Gasteiger partial charge in [0.1, 0.15) is 0 Å². The van der Waals surface area contributed by atoms with Crippen molar-refractivity contribution in [2.75, 3.05) is 11.0 Å². The Bertz CT molecular complexity index is 1160. The van der Waals surface area contributed by atoms with Crippen LogP contribution in [0.25, 0.3) is 0 Å². The summed E-state index contributed by atoms with van der Waals surface area (Å²) in [5.74, 6) is -0.488. The molecular weight excluding hydrogens is 469 g/mol. The molecular formula is C24H29F3N2O4S. The molecule has 1 fully saturated rings. The summed E-state index contributed by atoms with van der Waals surface area (Å²) in [6.45, 7) is 3.69. The first-order valence-corrected chi connectivity index (χ1v) is 12.7. The minimum atomic E-state index is -4.36. The number of carbonyl (C=O) groups is 1. The first-order valence-electron chi connectivity index (χ1n) is 10.8. The number of hydrogen-bond donors (Lipinski definition) is 3. The van der Waals surface area contributed by atoms with Crippen LogP contribution in [-0.2, 0) is 26.8 Å². The van der Waals surface area contributed by atoms with Gasteiger partial charge in [0.25, 0.3) is 0 Å². The Morgan fingerprint density at radius 2 is 1.76 bits per heavy atom. The molecule has 0 aliphatic heterocycles. The third kappa shape index (κ3) is 5.72. The second-order valence-corrected chi connectivity index (χ2v) is 11.1. The molecule has 6 nitrogen and oxygen atoms in total. The van der Waals surface area contributed by atoms with Gasteiger partial charge in [-0.2, -0.15) is 13.2 Å². The van der Waals surface area contributed by atoms with E-state index in [1.54, 1.807) is 31.2 Å². The number of amides is 1. The lowest BCUT2D eigenvalue weighted by atomic mass is 9.83. The van der Waals surface area contributed by atoms with E-state index in [0.717, 1.165) is 25.7 Å². The van der Waals surface area contributed by atoms with E-state index < -0.39 is 21.6 Å². The zero-order valence-corrected chi connectivity index (χ0v) is 20.2. The molecule has 0 saturated heterocycles. The predicted octanol–water partition coefficient (Wildman–Crippen LogP) is 4.37. The van der Waals surface area contributed by atoms with Gasteiger partial charge >= 0.3 is 6.18 Å². The molecule has 0 spiro atoms. The molecule has 1 saturated carbocycles. The number of hydrogen-bond acceptors (Lipinski definition) is 4. The molecule has 10 heteroatoms. The van der Waals surface area contributed by atoms with Crippen molar-refractivity contribution in [3.05, 3.63) is 64.7 Å². The highest BCUT2D eigenvalue weighted by molar-refractivity contribution is 7.92. The van der Waals surface area contributed by atoms with Crippen LogP contribution in [0.15, 0.2) is 42.5 Å². The van der Waals surface area contributed by atoms with Crippen molar-refractivity contribution in [3.8, 4) is 0 Å². The summed E-state index contributed by atoms with van der Waals surface area (Å²) in [7, 11) is -3.50. The summed E-state index contributed by atoms with van der Waals surface area (Å²) in [6, 6.07) is 10.7. The molecule has 1 aliphatic carbocycles. The molecule has 1 amide bonds. The van der Waals surface area contributed by atoms with Gasteiger partial charge in [0, 0.05) is 11.5 Å². The number of rotatable bonds is 8. The van der Waals surface area contributed by atoms with Crippen molar-refractivity contribution in [3.63, 3.8) is 0 Å². The zero-order chi connectivity index (χ0) is 25.5. The first-order chi connectivity index (χ1) is 15.6. The Hall–Kier alpha value is -2.59. The normalized spacial score (nSPS) is 19.4. The maximum absolute atomic E-state index is 13.3. The predicted molar refractivity (Wildman–Crippen MR) is 124 cm³/mol. The van der Waals surface area contributed by atoms with E-state index >= 15 is 0 Å².